The van der Waals surface area contributed by atoms with Crippen molar-refractivity contribution in [1.82, 2.24) is 9.97 Å². The smallest absolute Gasteiger partial charge is 0.249 e. The van der Waals surface area contributed by atoms with Gasteiger partial charge in [0.25, 0.3) is 0 Å². The molecule has 2 aliphatic carbocycles. The number of aryl methyl sites for hydroxylation is 2. The van der Waals surface area contributed by atoms with Gasteiger partial charge in [-0.1, -0.05) is 13.8 Å². The number of alkyl halides is 2. The van der Waals surface area contributed by atoms with Gasteiger partial charge in [-0.05, 0) is 32.1 Å². The summed E-state index contributed by atoms with van der Waals surface area (Å²) in [7, 11) is 0. The van der Waals surface area contributed by atoms with E-state index in [4.69, 9.17) is 4.74 Å². The predicted molar refractivity (Wildman–Crippen MR) is 73.1 cm³/mol. The normalized spacial score (nSPS) is 22.3. The van der Waals surface area contributed by atoms with Gasteiger partial charge in [0.1, 0.15) is 11.9 Å². The second kappa shape index (κ2) is 5.26. The Morgan fingerprint density at radius 1 is 1.15 bits per heavy atom. The van der Waals surface area contributed by atoms with Crippen molar-refractivity contribution >= 4 is 0 Å². The van der Waals surface area contributed by atoms with Crippen molar-refractivity contribution < 1.29 is 13.5 Å². The topological polar surface area (TPSA) is 35.0 Å². The predicted octanol–water partition coefficient (Wildman–Crippen LogP) is 4.08. The zero-order chi connectivity index (χ0) is 15.0. The Morgan fingerprint density at radius 2 is 1.75 bits per heavy atom. The summed E-state index contributed by atoms with van der Waals surface area (Å²) < 4.78 is 31.4. The molecule has 1 spiro atoms. The van der Waals surface area contributed by atoms with Crippen molar-refractivity contribution in [2.75, 3.05) is 0 Å². The molecule has 0 unspecified atom stereocenters. The quantitative estimate of drug-likeness (QED) is 0.821. The maximum atomic E-state index is 12.9. The lowest BCUT2D eigenvalue weighted by Gasteiger charge is -2.56. The molecule has 0 aliphatic heterocycles. The molecule has 20 heavy (non-hydrogen) atoms. The molecule has 0 radical (unpaired) electrons. The van der Waals surface area contributed by atoms with E-state index in [1.165, 1.54) is 0 Å². The molecule has 112 valence electrons. The van der Waals surface area contributed by atoms with Gasteiger partial charge in [0.15, 0.2) is 0 Å². The van der Waals surface area contributed by atoms with Crippen molar-refractivity contribution in [3.63, 3.8) is 0 Å². The zero-order valence-electron chi connectivity index (χ0n) is 12.5. The molecule has 0 amide bonds. The van der Waals surface area contributed by atoms with Gasteiger partial charge in [-0.2, -0.15) is 4.98 Å². The highest BCUT2D eigenvalue weighted by molar-refractivity contribution is 5.17. The average Bonchev–Trinajstić information content (AvgIpc) is 2.25. The van der Waals surface area contributed by atoms with Crippen LogP contribution in [0.15, 0.2) is 6.07 Å². The average molecular weight is 284 g/mol. The second-order valence-electron chi connectivity index (χ2n) is 5.75. The van der Waals surface area contributed by atoms with E-state index in [2.05, 4.69) is 9.97 Å². The summed E-state index contributed by atoms with van der Waals surface area (Å²) in [6.45, 7) is 7.70. The lowest BCUT2D eigenvalue weighted by Crippen LogP contribution is -2.56. The van der Waals surface area contributed by atoms with Crippen molar-refractivity contribution in [2.45, 2.75) is 65.4 Å². The summed E-state index contributed by atoms with van der Waals surface area (Å²) in [5.74, 6) is -1.20. The molecule has 1 aromatic rings. The minimum absolute atomic E-state index is 0.0295. The summed E-state index contributed by atoms with van der Waals surface area (Å²) in [6.07, 6.45) is 1.55. The number of rotatable bonds is 2. The zero-order valence-corrected chi connectivity index (χ0v) is 12.5. The van der Waals surface area contributed by atoms with E-state index >= 15 is 0 Å². The van der Waals surface area contributed by atoms with Gasteiger partial charge in [0, 0.05) is 24.6 Å². The maximum Gasteiger partial charge on any atom is 0.249 e. The van der Waals surface area contributed by atoms with Gasteiger partial charge in [-0.25, -0.2) is 13.8 Å². The van der Waals surface area contributed by atoms with Crippen LogP contribution in [0.1, 0.15) is 51.0 Å². The summed E-state index contributed by atoms with van der Waals surface area (Å²) in [4.78, 5) is 8.36. The van der Waals surface area contributed by atoms with Gasteiger partial charge in [0.05, 0.1) is 0 Å². The van der Waals surface area contributed by atoms with Crippen molar-refractivity contribution in [3.05, 3.63) is 17.6 Å². The first-order chi connectivity index (χ1) is 9.36. The number of ether oxygens (including phenoxy) is 1. The van der Waals surface area contributed by atoms with E-state index in [-0.39, 0.29) is 24.4 Å². The fourth-order valence-electron chi connectivity index (χ4n) is 3.24. The molecule has 0 bridgehead atoms. The van der Waals surface area contributed by atoms with Gasteiger partial charge in [-0.15, -0.1) is 0 Å². The Bertz CT molecular complexity index is 455. The monoisotopic (exact) mass is 284 g/mol. The highest BCUT2D eigenvalue weighted by Crippen LogP contribution is 2.62. The molecular weight excluding hydrogens is 262 g/mol. The second-order valence-corrected chi connectivity index (χ2v) is 5.75. The van der Waals surface area contributed by atoms with Gasteiger partial charge >= 0.3 is 0 Å². The van der Waals surface area contributed by atoms with Gasteiger partial charge < -0.3 is 4.74 Å². The molecular formula is C15H22F2N2O. The number of nitrogens with zero attached hydrogens (tertiary/aromatic N) is 2. The van der Waals surface area contributed by atoms with E-state index in [9.17, 15) is 8.78 Å². The third-order valence-corrected chi connectivity index (χ3v) is 3.82. The number of hydrogen-bond donors (Lipinski definition) is 0. The fraction of sp³-hybridized carbons (Fsp3) is 0.733. The molecule has 1 heterocycles. The largest absolute Gasteiger partial charge is 0.474 e. The Hall–Kier alpha value is -1.26. The summed E-state index contributed by atoms with van der Waals surface area (Å²) >= 11 is 0. The Labute approximate surface area is 118 Å². The number of aromatic nitrogens is 2. The summed E-state index contributed by atoms with van der Waals surface area (Å²) in [5, 5.41) is 0. The Morgan fingerprint density at radius 3 is 2.25 bits per heavy atom. The first-order valence-corrected chi connectivity index (χ1v) is 7.23. The van der Waals surface area contributed by atoms with E-state index in [0.717, 1.165) is 18.5 Å². The highest BCUT2D eigenvalue weighted by atomic mass is 19.3. The Balaban J connectivity index is 0.000000704. The Kier molecular flexibility index (Phi) is 3.98. The number of hydrogen-bond acceptors (Lipinski definition) is 3. The van der Waals surface area contributed by atoms with Gasteiger partial charge in [0.2, 0.25) is 11.8 Å². The lowest BCUT2D eigenvalue weighted by molar-refractivity contribution is -0.215. The lowest BCUT2D eigenvalue weighted by atomic mass is 9.53. The third kappa shape index (κ3) is 3.07. The minimum atomic E-state index is -2.44. The third-order valence-electron chi connectivity index (χ3n) is 3.82. The van der Waals surface area contributed by atoms with E-state index in [0.29, 0.717) is 11.7 Å². The van der Waals surface area contributed by atoms with E-state index in [1.807, 2.05) is 27.7 Å². The van der Waals surface area contributed by atoms with Crippen LogP contribution in [0.25, 0.3) is 0 Å². The summed E-state index contributed by atoms with van der Waals surface area (Å²) in [5.41, 5.74) is 0.715. The number of halogens is 2. The van der Waals surface area contributed by atoms with Crippen LogP contribution in [0.4, 0.5) is 8.78 Å². The molecule has 0 atom stereocenters. The molecule has 2 saturated carbocycles. The van der Waals surface area contributed by atoms with Crippen LogP contribution < -0.4 is 4.74 Å². The molecule has 0 saturated heterocycles. The van der Waals surface area contributed by atoms with Crippen LogP contribution >= 0.6 is 0 Å². The van der Waals surface area contributed by atoms with Crippen LogP contribution in [-0.4, -0.2) is 22.0 Å². The van der Waals surface area contributed by atoms with Crippen molar-refractivity contribution in [3.8, 4) is 5.88 Å². The molecule has 2 aliphatic rings. The van der Waals surface area contributed by atoms with Crippen LogP contribution in [0.5, 0.6) is 5.88 Å². The fourth-order valence-corrected chi connectivity index (χ4v) is 3.24. The van der Waals surface area contributed by atoms with Crippen LogP contribution in [0.2, 0.25) is 0 Å². The first-order valence-electron chi connectivity index (χ1n) is 7.23. The SMILES string of the molecule is CC.Cc1cc(OC2CC3(C2)CC(F)(F)C3)nc(C)n1. The van der Waals surface area contributed by atoms with E-state index < -0.39 is 5.92 Å². The van der Waals surface area contributed by atoms with E-state index in [1.54, 1.807) is 6.07 Å². The first kappa shape index (κ1) is 15.1. The molecule has 3 nitrogen and oxygen atoms in total. The van der Waals surface area contributed by atoms with Crippen LogP contribution in [-0.2, 0) is 0 Å². The van der Waals surface area contributed by atoms with Crippen LogP contribution in [0, 0.1) is 19.3 Å². The molecule has 0 N–H and O–H groups in total. The highest BCUT2D eigenvalue weighted by Gasteiger charge is 2.62. The molecule has 3 rings (SSSR count). The molecule has 1 aromatic heterocycles. The molecule has 0 aromatic carbocycles. The van der Waals surface area contributed by atoms with Crippen LogP contribution in [0.3, 0.4) is 0 Å². The van der Waals surface area contributed by atoms with Crippen molar-refractivity contribution in [2.24, 2.45) is 5.41 Å². The van der Waals surface area contributed by atoms with Crippen molar-refractivity contribution in [1.29, 1.82) is 0 Å². The van der Waals surface area contributed by atoms with Gasteiger partial charge in [-0.3, -0.25) is 0 Å². The molecule has 2 fully saturated rings. The minimum Gasteiger partial charge on any atom is -0.474 e. The molecule has 5 heteroatoms. The standard InChI is InChI=1S/C13H16F2N2O.C2H6/c1-8-3-11(17-9(2)16-8)18-10-4-12(5-10)6-13(14,15)7-12;1-2/h3,10H,4-7H2,1-2H3;1-2H3. The summed E-state index contributed by atoms with van der Waals surface area (Å²) in [6, 6.07) is 1.79. The maximum absolute atomic E-state index is 12.9.